The van der Waals surface area contributed by atoms with Gasteiger partial charge in [0.2, 0.25) is 0 Å². The second-order valence-corrected chi connectivity index (χ2v) is 6.65. The molecule has 0 aliphatic heterocycles. The number of aromatic nitrogens is 2. The molecule has 0 amide bonds. The molecule has 1 N–H and O–H groups in total. The van der Waals surface area contributed by atoms with E-state index >= 15 is 0 Å². The van der Waals surface area contributed by atoms with E-state index in [4.69, 9.17) is 4.99 Å². The van der Waals surface area contributed by atoms with E-state index in [0.29, 0.717) is 6.54 Å². The van der Waals surface area contributed by atoms with Gasteiger partial charge in [-0.05, 0) is 25.0 Å². The Kier molecular flexibility index (Phi) is 7.24. The Bertz CT molecular complexity index is 810. The van der Waals surface area contributed by atoms with Crippen molar-refractivity contribution in [2.75, 3.05) is 13.6 Å². The fourth-order valence-electron chi connectivity index (χ4n) is 2.60. The molecule has 7 heteroatoms. The van der Waals surface area contributed by atoms with Crippen LogP contribution in [0.5, 0.6) is 0 Å². The molecule has 1 aromatic carbocycles. The molecule has 0 atom stereocenters. The van der Waals surface area contributed by atoms with Crippen molar-refractivity contribution in [1.29, 1.82) is 0 Å². The number of nitrogens with one attached hydrogen (secondary N) is 1. The molecule has 0 aliphatic rings. The standard InChI is InChI=1S/C18H23N5S.HI/c1-4-19-17(22(3)12-15-8-6-5-7-14(15)2)20-11-16-13-23-9-10-24-18(23)21-16;/h5-10,13H,4,11-12H2,1-3H3,(H,19,20);1H. The summed E-state index contributed by atoms with van der Waals surface area (Å²) in [6.45, 7) is 6.48. The number of hydrogen-bond acceptors (Lipinski definition) is 3. The highest BCUT2D eigenvalue weighted by Crippen LogP contribution is 2.13. The predicted molar refractivity (Wildman–Crippen MR) is 116 cm³/mol. The lowest BCUT2D eigenvalue weighted by molar-refractivity contribution is 0.475. The molecule has 0 aliphatic carbocycles. The van der Waals surface area contributed by atoms with Gasteiger partial charge in [-0.25, -0.2) is 9.98 Å². The molecule has 3 rings (SSSR count). The Hall–Kier alpha value is -1.61. The van der Waals surface area contributed by atoms with Crippen molar-refractivity contribution in [3.63, 3.8) is 0 Å². The van der Waals surface area contributed by atoms with E-state index < -0.39 is 0 Å². The van der Waals surface area contributed by atoms with Crippen LogP contribution >= 0.6 is 35.3 Å². The lowest BCUT2D eigenvalue weighted by Gasteiger charge is -2.22. The number of aliphatic imine (C=N–C) groups is 1. The van der Waals surface area contributed by atoms with Crippen LogP contribution in [0.3, 0.4) is 0 Å². The summed E-state index contributed by atoms with van der Waals surface area (Å²) < 4.78 is 2.04. The monoisotopic (exact) mass is 469 g/mol. The van der Waals surface area contributed by atoms with Crippen LogP contribution in [0.1, 0.15) is 23.7 Å². The van der Waals surface area contributed by atoms with Gasteiger partial charge in [-0.15, -0.1) is 35.3 Å². The van der Waals surface area contributed by atoms with Gasteiger partial charge in [0.25, 0.3) is 0 Å². The summed E-state index contributed by atoms with van der Waals surface area (Å²) in [6, 6.07) is 8.46. The van der Waals surface area contributed by atoms with Crippen LogP contribution in [-0.4, -0.2) is 33.8 Å². The lowest BCUT2D eigenvalue weighted by Crippen LogP contribution is -2.38. The molecular weight excluding hydrogens is 445 g/mol. The zero-order chi connectivity index (χ0) is 16.9. The zero-order valence-corrected chi connectivity index (χ0v) is 17.9. The Labute approximate surface area is 169 Å². The molecule has 25 heavy (non-hydrogen) atoms. The summed E-state index contributed by atoms with van der Waals surface area (Å²) in [4.78, 5) is 12.5. The van der Waals surface area contributed by atoms with Crippen molar-refractivity contribution in [2.45, 2.75) is 26.9 Å². The molecule has 0 fully saturated rings. The average molecular weight is 469 g/mol. The number of fused-ring (bicyclic) bond motifs is 1. The average Bonchev–Trinajstić information content (AvgIpc) is 3.15. The first-order chi connectivity index (χ1) is 11.7. The van der Waals surface area contributed by atoms with Crippen LogP contribution in [0.4, 0.5) is 0 Å². The summed E-state index contributed by atoms with van der Waals surface area (Å²) in [5.74, 6) is 0.900. The maximum atomic E-state index is 4.74. The summed E-state index contributed by atoms with van der Waals surface area (Å²) >= 11 is 1.64. The van der Waals surface area contributed by atoms with Gasteiger partial charge in [-0.3, -0.25) is 4.40 Å². The van der Waals surface area contributed by atoms with E-state index in [-0.39, 0.29) is 24.0 Å². The van der Waals surface area contributed by atoms with Gasteiger partial charge < -0.3 is 10.2 Å². The molecule has 2 heterocycles. The Morgan fingerprint density at radius 3 is 2.88 bits per heavy atom. The lowest BCUT2D eigenvalue weighted by atomic mass is 10.1. The smallest absolute Gasteiger partial charge is 0.194 e. The molecule has 5 nitrogen and oxygen atoms in total. The number of rotatable bonds is 5. The molecule has 0 saturated heterocycles. The van der Waals surface area contributed by atoms with E-state index in [0.717, 1.165) is 29.7 Å². The summed E-state index contributed by atoms with van der Waals surface area (Å²) in [5, 5.41) is 5.40. The number of hydrogen-bond donors (Lipinski definition) is 1. The highest BCUT2D eigenvalue weighted by Gasteiger charge is 2.09. The van der Waals surface area contributed by atoms with Crippen molar-refractivity contribution in [3.05, 3.63) is 58.9 Å². The number of aryl methyl sites for hydroxylation is 1. The van der Waals surface area contributed by atoms with E-state index in [9.17, 15) is 0 Å². The third-order valence-electron chi connectivity index (χ3n) is 3.90. The molecule has 0 unspecified atom stereocenters. The van der Waals surface area contributed by atoms with E-state index in [1.165, 1.54) is 11.1 Å². The molecule has 0 spiro atoms. The first-order valence-corrected chi connectivity index (χ1v) is 9.00. The van der Waals surface area contributed by atoms with Gasteiger partial charge in [-0.2, -0.15) is 0 Å². The molecule has 2 aromatic heterocycles. The number of halogens is 1. The molecule has 134 valence electrons. The number of thiazole rings is 1. The maximum absolute atomic E-state index is 4.74. The second kappa shape index (κ2) is 9.19. The fourth-order valence-corrected chi connectivity index (χ4v) is 3.31. The van der Waals surface area contributed by atoms with Gasteiger partial charge in [-0.1, -0.05) is 24.3 Å². The second-order valence-electron chi connectivity index (χ2n) is 5.78. The minimum Gasteiger partial charge on any atom is -0.357 e. The number of benzene rings is 1. The Balaban J connectivity index is 0.00000225. The van der Waals surface area contributed by atoms with Crippen molar-refractivity contribution in [3.8, 4) is 0 Å². The SMILES string of the molecule is CCNC(=NCc1cn2ccsc2n1)N(C)Cc1ccccc1C.I. The molecular formula is C18H24IN5S. The molecule has 0 radical (unpaired) electrons. The van der Waals surface area contributed by atoms with Crippen LogP contribution in [0.2, 0.25) is 0 Å². The molecule has 0 bridgehead atoms. The van der Waals surface area contributed by atoms with Crippen molar-refractivity contribution in [1.82, 2.24) is 19.6 Å². The van der Waals surface area contributed by atoms with E-state index in [1.54, 1.807) is 11.3 Å². The third kappa shape index (κ3) is 4.94. The minimum absolute atomic E-state index is 0. The summed E-state index contributed by atoms with van der Waals surface area (Å²) in [6.07, 6.45) is 4.07. The number of guanidine groups is 1. The van der Waals surface area contributed by atoms with Crippen molar-refractivity contribution in [2.24, 2.45) is 4.99 Å². The maximum Gasteiger partial charge on any atom is 0.194 e. The highest BCUT2D eigenvalue weighted by atomic mass is 127. The summed E-state index contributed by atoms with van der Waals surface area (Å²) in [7, 11) is 2.07. The first kappa shape index (κ1) is 19.7. The zero-order valence-electron chi connectivity index (χ0n) is 14.8. The topological polar surface area (TPSA) is 44.9 Å². The van der Waals surface area contributed by atoms with Crippen molar-refractivity contribution < 1.29 is 0 Å². The van der Waals surface area contributed by atoms with Gasteiger partial charge in [0, 0.05) is 37.9 Å². The quantitative estimate of drug-likeness (QED) is 0.350. The van der Waals surface area contributed by atoms with Crippen LogP contribution in [-0.2, 0) is 13.1 Å². The largest absolute Gasteiger partial charge is 0.357 e. The van der Waals surface area contributed by atoms with Crippen molar-refractivity contribution >= 4 is 46.2 Å². The van der Waals surface area contributed by atoms with Gasteiger partial charge in [0.15, 0.2) is 10.9 Å². The van der Waals surface area contributed by atoms with Gasteiger partial charge in [0.05, 0.1) is 12.2 Å². The fraction of sp³-hybridized carbons (Fsp3) is 0.333. The summed E-state index contributed by atoms with van der Waals surface area (Å²) in [5.41, 5.74) is 3.60. The predicted octanol–water partition coefficient (Wildman–Crippen LogP) is 3.92. The number of imidazole rings is 1. The number of nitrogens with zero attached hydrogens (tertiary/aromatic N) is 4. The molecule has 3 aromatic rings. The van der Waals surface area contributed by atoms with Crippen LogP contribution in [0.25, 0.3) is 4.96 Å². The minimum atomic E-state index is 0. The Morgan fingerprint density at radius 2 is 2.16 bits per heavy atom. The Morgan fingerprint density at radius 1 is 1.36 bits per heavy atom. The molecule has 0 saturated carbocycles. The highest BCUT2D eigenvalue weighted by molar-refractivity contribution is 14.0. The van der Waals surface area contributed by atoms with Crippen LogP contribution < -0.4 is 5.32 Å². The van der Waals surface area contributed by atoms with Gasteiger partial charge >= 0.3 is 0 Å². The van der Waals surface area contributed by atoms with Gasteiger partial charge in [0.1, 0.15) is 0 Å². The first-order valence-electron chi connectivity index (χ1n) is 8.12. The third-order valence-corrected chi connectivity index (χ3v) is 4.67. The van der Waals surface area contributed by atoms with E-state index in [2.05, 4.69) is 60.4 Å². The van der Waals surface area contributed by atoms with Crippen LogP contribution in [0, 0.1) is 6.92 Å². The van der Waals surface area contributed by atoms with Crippen LogP contribution in [0.15, 0.2) is 47.0 Å². The normalized spacial score (nSPS) is 11.4. The van der Waals surface area contributed by atoms with E-state index in [1.807, 2.05) is 22.2 Å².